The highest BCUT2D eigenvalue weighted by atomic mass is 19.1. The van der Waals surface area contributed by atoms with Crippen LogP contribution in [0.15, 0.2) is 24.3 Å². The molecule has 2 aliphatic heterocycles. The lowest BCUT2D eigenvalue weighted by Gasteiger charge is -2.37. The molecule has 22 heavy (non-hydrogen) atoms. The van der Waals surface area contributed by atoms with Gasteiger partial charge in [0, 0.05) is 32.5 Å². The molecular formula is C16H21FN2O3. The largest absolute Gasteiger partial charge is 0.351 e. The second-order valence-electron chi connectivity index (χ2n) is 5.79. The molecule has 1 aromatic rings. The third-order valence-electron chi connectivity index (χ3n) is 4.20. The molecule has 0 bridgehead atoms. The number of likely N-dealkylation sites (tertiary alicyclic amines) is 1. The topological polar surface area (TPSA) is 50.8 Å². The first-order valence-corrected chi connectivity index (χ1v) is 7.67. The standard InChI is InChI=1S/C16H21FN2O3/c17-14-3-1-13(2-4-14)11-18-15(20)12-19-7-5-16(6-8-19)21-9-10-22-16/h1-4H,5-12H2,(H,18,20). The fraction of sp³-hybridized carbons (Fsp3) is 0.562. The van der Waals surface area contributed by atoms with E-state index in [9.17, 15) is 9.18 Å². The van der Waals surface area contributed by atoms with Gasteiger partial charge in [0.2, 0.25) is 5.91 Å². The minimum atomic E-state index is -0.402. The number of amides is 1. The lowest BCUT2D eigenvalue weighted by Crippen LogP contribution is -2.48. The average Bonchev–Trinajstić information content (AvgIpc) is 2.98. The molecule has 0 aliphatic carbocycles. The number of nitrogens with one attached hydrogen (secondary N) is 1. The summed E-state index contributed by atoms with van der Waals surface area (Å²) in [5, 5.41) is 2.86. The molecule has 2 saturated heterocycles. The van der Waals surface area contributed by atoms with Crippen LogP contribution in [0.4, 0.5) is 4.39 Å². The van der Waals surface area contributed by atoms with Gasteiger partial charge in [0.05, 0.1) is 19.8 Å². The van der Waals surface area contributed by atoms with Crippen molar-refractivity contribution in [2.45, 2.75) is 25.2 Å². The lowest BCUT2D eigenvalue weighted by molar-refractivity contribution is -0.185. The average molecular weight is 308 g/mol. The summed E-state index contributed by atoms with van der Waals surface area (Å²) >= 11 is 0. The van der Waals surface area contributed by atoms with E-state index in [1.165, 1.54) is 12.1 Å². The van der Waals surface area contributed by atoms with Crippen molar-refractivity contribution < 1.29 is 18.7 Å². The minimum Gasteiger partial charge on any atom is -0.351 e. The molecule has 5 nitrogen and oxygen atoms in total. The third-order valence-corrected chi connectivity index (χ3v) is 4.20. The zero-order chi connectivity index (χ0) is 15.4. The first-order valence-electron chi connectivity index (χ1n) is 7.67. The number of nitrogens with zero attached hydrogens (tertiary/aromatic N) is 1. The van der Waals surface area contributed by atoms with Crippen LogP contribution in [0.3, 0.4) is 0 Å². The van der Waals surface area contributed by atoms with E-state index < -0.39 is 5.79 Å². The van der Waals surface area contributed by atoms with E-state index in [1.807, 2.05) is 0 Å². The van der Waals surface area contributed by atoms with Gasteiger partial charge in [-0.2, -0.15) is 0 Å². The van der Waals surface area contributed by atoms with Crippen LogP contribution in [0.5, 0.6) is 0 Å². The number of halogens is 1. The van der Waals surface area contributed by atoms with Crippen LogP contribution in [0.25, 0.3) is 0 Å². The maximum atomic E-state index is 12.8. The van der Waals surface area contributed by atoms with Crippen LogP contribution in [0, 0.1) is 5.82 Å². The summed E-state index contributed by atoms with van der Waals surface area (Å²) in [5.74, 6) is -0.691. The Labute approximate surface area is 129 Å². The molecule has 2 fully saturated rings. The smallest absolute Gasteiger partial charge is 0.234 e. The van der Waals surface area contributed by atoms with Gasteiger partial charge in [0.1, 0.15) is 5.82 Å². The Hall–Kier alpha value is -1.50. The Kier molecular flexibility index (Phi) is 4.71. The minimum absolute atomic E-state index is 0.0199. The van der Waals surface area contributed by atoms with Crippen molar-refractivity contribution in [3.8, 4) is 0 Å². The van der Waals surface area contributed by atoms with Gasteiger partial charge in [-0.3, -0.25) is 9.69 Å². The maximum Gasteiger partial charge on any atom is 0.234 e. The number of ether oxygens (including phenoxy) is 2. The highest BCUT2D eigenvalue weighted by molar-refractivity contribution is 5.78. The molecule has 120 valence electrons. The molecule has 0 saturated carbocycles. The SMILES string of the molecule is O=C(CN1CCC2(CC1)OCCO2)NCc1ccc(F)cc1. The van der Waals surface area contributed by atoms with Crippen molar-refractivity contribution in [3.05, 3.63) is 35.6 Å². The maximum absolute atomic E-state index is 12.8. The van der Waals surface area contributed by atoms with Gasteiger partial charge < -0.3 is 14.8 Å². The zero-order valence-electron chi connectivity index (χ0n) is 12.5. The zero-order valence-corrected chi connectivity index (χ0v) is 12.5. The Morgan fingerprint density at radius 2 is 1.82 bits per heavy atom. The summed E-state index contributed by atoms with van der Waals surface area (Å²) in [6, 6.07) is 6.14. The first kappa shape index (κ1) is 15.4. The quantitative estimate of drug-likeness (QED) is 0.910. The summed E-state index contributed by atoms with van der Waals surface area (Å²) in [5.41, 5.74) is 0.889. The normalized spacial score (nSPS) is 21.1. The molecule has 1 spiro atoms. The molecule has 3 rings (SSSR count). The van der Waals surface area contributed by atoms with Gasteiger partial charge >= 0.3 is 0 Å². The Bertz CT molecular complexity index is 505. The number of carbonyl (C=O) groups is 1. The van der Waals surface area contributed by atoms with Gasteiger partial charge in [0.25, 0.3) is 0 Å². The second kappa shape index (κ2) is 6.73. The Morgan fingerprint density at radius 3 is 2.45 bits per heavy atom. The molecular weight excluding hydrogens is 287 g/mol. The fourth-order valence-electron chi connectivity index (χ4n) is 2.90. The van der Waals surface area contributed by atoms with E-state index in [-0.39, 0.29) is 11.7 Å². The van der Waals surface area contributed by atoms with Gasteiger partial charge in [-0.05, 0) is 17.7 Å². The molecule has 1 aromatic carbocycles. The van der Waals surface area contributed by atoms with Crippen LogP contribution in [0.1, 0.15) is 18.4 Å². The molecule has 6 heteroatoms. The van der Waals surface area contributed by atoms with Gasteiger partial charge in [-0.25, -0.2) is 4.39 Å². The van der Waals surface area contributed by atoms with Crippen molar-refractivity contribution >= 4 is 5.91 Å². The van der Waals surface area contributed by atoms with E-state index in [0.717, 1.165) is 31.5 Å². The van der Waals surface area contributed by atoms with E-state index in [1.54, 1.807) is 12.1 Å². The molecule has 0 unspecified atom stereocenters. The number of hydrogen-bond acceptors (Lipinski definition) is 4. The number of piperidine rings is 1. The van der Waals surface area contributed by atoms with Crippen LogP contribution in [-0.2, 0) is 20.8 Å². The van der Waals surface area contributed by atoms with Crippen molar-refractivity contribution in [3.63, 3.8) is 0 Å². The van der Waals surface area contributed by atoms with Crippen molar-refractivity contribution in [1.82, 2.24) is 10.2 Å². The predicted molar refractivity (Wildman–Crippen MR) is 78.6 cm³/mol. The number of rotatable bonds is 4. The molecule has 1 N–H and O–H groups in total. The van der Waals surface area contributed by atoms with Crippen LogP contribution < -0.4 is 5.32 Å². The number of carbonyl (C=O) groups excluding carboxylic acids is 1. The fourth-order valence-corrected chi connectivity index (χ4v) is 2.90. The van der Waals surface area contributed by atoms with Crippen molar-refractivity contribution in [2.75, 3.05) is 32.8 Å². The highest BCUT2D eigenvalue weighted by Gasteiger charge is 2.39. The van der Waals surface area contributed by atoms with Crippen molar-refractivity contribution in [1.29, 1.82) is 0 Å². The second-order valence-corrected chi connectivity index (χ2v) is 5.79. The molecule has 2 aliphatic rings. The summed E-state index contributed by atoms with van der Waals surface area (Å²) in [4.78, 5) is 14.1. The molecule has 2 heterocycles. The van der Waals surface area contributed by atoms with Crippen LogP contribution >= 0.6 is 0 Å². The van der Waals surface area contributed by atoms with E-state index in [2.05, 4.69) is 10.2 Å². The Balaban J connectivity index is 1.40. The highest BCUT2D eigenvalue weighted by Crippen LogP contribution is 2.30. The van der Waals surface area contributed by atoms with Gasteiger partial charge in [-0.15, -0.1) is 0 Å². The number of benzene rings is 1. The first-order chi connectivity index (χ1) is 10.7. The summed E-state index contributed by atoms with van der Waals surface area (Å²) in [7, 11) is 0. The van der Waals surface area contributed by atoms with E-state index >= 15 is 0 Å². The third kappa shape index (κ3) is 3.82. The monoisotopic (exact) mass is 308 g/mol. The molecule has 0 aromatic heterocycles. The predicted octanol–water partition coefficient (Wildman–Crippen LogP) is 1.28. The number of hydrogen-bond donors (Lipinski definition) is 1. The van der Waals surface area contributed by atoms with Crippen LogP contribution in [-0.4, -0.2) is 49.4 Å². The molecule has 0 atom stereocenters. The lowest BCUT2D eigenvalue weighted by atomic mass is 10.0. The summed E-state index contributed by atoms with van der Waals surface area (Å²) in [6.07, 6.45) is 1.61. The summed E-state index contributed by atoms with van der Waals surface area (Å²) in [6.45, 7) is 3.71. The van der Waals surface area contributed by atoms with Crippen molar-refractivity contribution in [2.24, 2.45) is 0 Å². The van der Waals surface area contributed by atoms with E-state index in [4.69, 9.17) is 9.47 Å². The Morgan fingerprint density at radius 1 is 1.18 bits per heavy atom. The molecule has 1 amide bonds. The summed E-state index contributed by atoms with van der Waals surface area (Å²) < 4.78 is 24.1. The van der Waals surface area contributed by atoms with E-state index in [0.29, 0.717) is 26.3 Å². The van der Waals surface area contributed by atoms with Crippen LogP contribution in [0.2, 0.25) is 0 Å². The molecule has 0 radical (unpaired) electrons. The van der Waals surface area contributed by atoms with Gasteiger partial charge in [0.15, 0.2) is 5.79 Å². The van der Waals surface area contributed by atoms with Gasteiger partial charge in [-0.1, -0.05) is 12.1 Å².